The van der Waals surface area contributed by atoms with Crippen molar-refractivity contribution in [3.63, 3.8) is 0 Å². The highest BCUT2D eigenvalue weighted by Gasteiger charge is 1.98. The van der Waals surface area contributed by atoms with Crippen molar-refractivity contribution in [2.24, 2.45) is 0 Å². The molecule has 0 atom stereocenters. The minimum absolute atomic E-state index is 0.135. The predicted molar refractivity (Wildman–Crippen MR) is 55.8 cm³/mol. The lowest BCUT2D eigenvalue weighted by molar-refractivity contribution is 0.628. The maximum absolute atomic E-state index is 12.7. The van der Waals surface area contributed by atoms with Gasteiger partial charge < -0.3 is 0 Å². The molecule has 0 aliphatic rings. The molecule has 1 aromatic carbocycles. The summed E-state index contributed by atoms with van der Waals surface area (Å²) in [5.41, 5.74) is 1.88. The normalized spacial score (nSPS) is 11.8. The van der Waals surface area contributed by atoms with E-state index in [-0.39, 0.29) is 5.02 Å². The molecule has 0 amide bonds. The van der Waals surface area contributed by atoms with E-state index in [4.69, 9.17) is 23.2 Å². The monoisotopic (exact) mass is 218 g/mol. The summed E-state index contributed by atoms with van der Waals surface area (Å²) in [6, 6.07) is 4.58. The van der Waals surface area contributed by atoms with Gasteiger partial charge in [0.05, 0.1) is 5.02 Å². The molecule has 0 nitrogen and oxygen atoms in total. The highest BCUT2D eigenvalue weighted by molar-refractivity contribution is 6.30. The van der Waals surface area contributed by atoms with E-state index >= 15 is 0 Å². The van der Waals surface area contributed by atoms with Crippen molar-refractivity contribution in [3.8, 4) is 0 Å². The molecule has 0 saturated heterocycles. The molecule has 0 heterocycles. The van der Waals surface area contributed by atoms with Crippen LogP contribution in [0, 0.1) is 5.82 Å². The van der Waals surface area contributed by atoms with Gasteiger partial charge in [0.1, 0.15) is 5.82 Å². The quantitative estimate of drug-likeness (QED) is 0.656. The number of rotatable bonds is 2. The van der Waals surface area contributed by atoms with Gasteiger partial charge in [-0.1, -0.05) is 29.3 Å². The van der Waals surface area contributed by atoms with Gasteiger partial charge in [-0.05, 0) is 24.6 Å². The van der Waals surface area contributed by atoms with Crippen molar-refractivity contribution in [1.82, 2.24) is 0 Å². The van der Waals surface area contributed by atoms with Crippen molar-refractivity contribution in [2.75, 3.05) is 5.88 Å². The highest BCUT2D eigenvalue weighted by Crippen LogP contribution is 2.18. The number of halogens is 3. The van der Waals surface area contributed by atoms with Crippen LogP contribution in [0.3, 0.4) is 0 Å². The third kappa shape index (κ3) is 3.02. The minimum atomic E-state index is -0.401. The van der Waals surface area contributed by atoms with Crippen LogP contribution in [-0.4, -0.2) is 5.88 Å². The van der Waals surface area contributed by atoms with Crippen LogP contribution in [0.2, 0.25) is 5.02 Å². The Kier molecular flexibility index (Phi) is 3.76. The van der Waals surface area contributed by atoms with Crippen LogP contribution in [0.4, 0.5) is 4.39 Å². The summed E-state index contributed by atoms with van der Waals surface area (Å²) in [6.07, 6.45) is 1.87. The van der Waals surface area contributed by atoms with Crippen molar-refractivity contribution < 1.29 is 4.39 Å². The topological polar surface area (TPSA) is 0 Å². The maximum Gasteiger partial charge on any atom is 0.141 e. The first-order valence-electron chi connectivity index (χ1n) is 3.81. The molecule has 70 valence electrons. The first-order valence-corrected chi connectivity index (χ1v) is 4.73. The van der Waals surface area contributed by atoms with E-state index in [1.807, 2.05) is 13.0 Å². The number of benzene rings is 1. The lowest BCUT2D eigenvalue weighted by Crippen LogP contribution is -1.81. The number of allylic oxidation sites excluding steroid dienone is 1. The number of alkyl halides is 1. The van der Waals surface area contributed by atoms with E-state index in [1.165, 1.54) is 6.07 Å². The minimum Gasteiger partial charge on any atom is -0.205 e. The fourth-order valence-electron chi connectivity index (χ4n) is 0.925. The van der Waals surface area contributed by atoms with Crippen molar-refractivity contribution in [1.29, 1.82) is 0 Å². The van der Waals surface area contributed by atoms with E-state index in [2.05, 4.69) is 0 Å². The largest absolute Gasteiger partial charge is 0.205 e. The summed E-state index contributed by atoms with van der Waals surface area (Å²) in [5, 5.41) is 0.135. The van der Waals surface area contributed by atoms with Crippen LogP contribution < -0.4 is 0 Å². The lowest BCUT2D eigenvalue weighted by Gasteiger charge is -1.98. The fourth-order valence-corrected chi connectivity index (χ4v) is 1.19. The van der Waals surface area contributed by atoms with Gasteiger partial charge in [0.2, 0.25) is 0 Å². The van der Waals surface area contributed by atoms with Gasteiger partial charge in [-0.15, -0.1) is 11.6 Å². The smallest absolute Gasteiger partial charge is 0.141 e. The van der Waals surface area contributed by atoms with Crippen LogP contribution in [-0.2, 0) is 0 Å². The molecule has 0 bridgehead atoms. The van der Waals surface area contributed by atoms with Gasteiger partial charge >= 0.3 is 0 Å². The van der Waals surface area contributed by atoms with Crippen LogP contribution in [0.25, 0.3) is 6.08 Å². The van der Waals surface area contributed by atoms with E-state index in [0.717, 1.165) is 11.1 Å². The molecule has 1 aromatic rings. The molecule has 0 unspecified atom stereocenters. The second-order valence-corrected chi connectivity index (χ2v) is 3.47. The number of hydrogen-bond donors (Lipinski definition) is 0. The molecule has 13 heavy (non-hydrogen) atoms. The Balaban J connectivity index is 2.98. The Labute approximate surface area is 87.0 Å². The highest BCUT2D eigenvalue weighted by atomic mass is 35.5. The Morgan fingerprint density at radius 1 is 1.54 bits per heavy atom. The molecule has 3 heteroatoms. The maximum atomic E-state index is 12.7. The van der Waals surface area contributed by atoms with Crippen molar-refractivity contribution in [3.05, 3.63) is 40.2 Å². The molecule has 0 radical (unpaired) electrons. The third-order valence-corrected chi connectivity index (χ3v) is 2.28. The van der Waals surface area contributed by atoms with Crippen LogP contribution in [0.5, 0.6) is 0 Å². The summed E-state index contributed by atoms with van der Waals surface area (Å²) in [4.78, 5) is 0. The van der Waals surface area contributed by atoms with E-state index in [1.54, 1.807) is 12.1 Å². The van der Waals surface area contributed by atoms with Gasteiger partial charge in [0.15, 0.2) is 0 Å². The SMILES string of the molecule is C/C(=C/c1ccc(F)c(Cl)c1)CCl. The van der Waals surface area contributed by atoms with Gasteiger partial charge in [-0.2, -0.15) is 0 Å². The Morgan fingerprint density at radius 2 is 2.23 bits per heavy atom. The zero-order chi connectivity index (χ0) is 9.84. The van der Waals surface area contributed by atoms with Gasteiger partial charge in [0.25, 0.3) is 0 Å². The molecule has 1 rings (SSSR count). The first-order chi connectivity index (χ1) is 6.13. The lowest BCUT2D eigenvalue weighted by atomic mass is 10.1. The van der Waals surface area contributed by atoms with Crippen LogP contribution in [0.1, 0.15) is 12.5 Å². The first kappa shape index (κ1) is 10.6. The standard InChI is InChI=1S/C10H9Cl2F/c1-7(6-11)4-8-2-3-10(13)9(12)5-8/h2-5H,6H2,1H3/b7-4-. The second kappa shape index (κ2) is 4.64. The van der Waals surface area contributed by atoms with E-state index < -0.39 is 5.82 Å². The fraction of sp³-hybridized carbons (Fsp3) is 0.200. The predicted octanol–water partition coefficient (Wildman–Crippen LogP) is 4.12. The summed E-state index contributed by atoms with van der Waals surface area (Å²) in [5.74, 6) is 0.0666. The average Bonchev–Trinajstić information content (AvgIpc) is 2.11. The molecular weight excluding hydrogens is 210 g/mol. The van der Waals surface area contributed by atoms with Crippen LogP contribution >= 0.6 is 23.2 Å². The van der Waals surface area contributed by atoms with Gasteiger partial charge in [-0.25, -0.2) is 4.39 Å². The van der Waals surface area contributed by atoms with Gasteiger partial charge in [-0.3, -0.25) is 0 Å². The third-order valence-electron chi connectivity index (χ3n) is 1.57. The summed E-state index contributed by atoms with van der Waals surface area (Å²) in [6.45, 7) is 1.91. The second-order valence-electron chi connectivity index (χ2n) is 2.80. The Bertz CT molecular complexity index is 332. The molecule has 0 aliphatic carbocycles. The average molecular weight is 219 g/mol. The van der Waals surface area contributed by atoms with Crippen LogP contribution in [0.15, 0.2) is 23.8 Å². The van der Waals surface area contributed by atoms with E-state index in [9.17, 15) is 4.39 Å². The summed E-state index contributed by atoms with van der Waals surface area (Å²) >= 11 is 11.2. The molecule has 0 fully saturated rings. The molecule has 0 aliphatic heterocycles. The summed E-state index contributed by atoms with van der Waals surface area (Å²) < 4.78 is 12.7. The van der Waals surface area contributed by atoms with Crippen molar-refractivity contribution in [2.45, 2.75) is 6.92 Å². The zero-order valence-electron chi connectivity index (χ0n) is 7.15. The van der Waals surface area contributed by atoms with Gasteiger partial charge in [0, 0.05) is 5.88 Å². The Morgan fingerprint density at radius 3 is 2.77 bits per heavy atom. The molecule has 0 spiro atoms. The van der Waals surface area contributed by atoms with Crippen molar-refractivity contribution >= 4 is 29.3 Å². The van der Waals surface area contributed by atoms with E-state index in [0.29, 0.717) is 5.88 Å². The molecule has 0 aromatic heterocycles. The number of hydrogen-bond acceptors (Lipinski definition) is 0. The summed E-state index contributed by atoms with van der Waals surface area (Å²) in [7, 11) is 0. The Hall–Kier alpha value is -0.530. The molecule has 0 N–H and O–H groups in total. The molecular formula is C10H9Cl2F. The zero-order valence-corrected chi connectivity index (χ0v) is 8.66. The molecule has 0 saturated carbocycles.